The summed E-state index contributed by atoms with van der Waals surface area (Å²) in [6.07, 6.45) is 0. The summed E-state index contributed by atoms with van der Waals surface area (Å²) < 4.78 is 5.15. The molecule has 0 spiro atoms. The quantitative estimate of drug-likeness (QED) is 0.850. The Morgan fingerprint density at radius 2 is 2.28 bits per heavy atom. The number of hydrogen-bond acceptors (Lipinski definition) is 4. The standard InChI is InChI=1S/C12H11ClN2O2S/c1-17-9-6-7(14)5-8(13)11(9)15-12(16)10-3-2-4-18-10/h2-6H,14H2,1H3,(H,15,16). The number of halogens is 1. The molecule has 0 bridgehead atoms. The van der Waals surface area contributed by atoms with Crippen LogP contribution in [0.4, 0.5) is 11.4 Å². The predicted molar refractivity (Wildman–Crippen MR) is 74.7 cm³/mol. The second-order valence-corrected chi connectivity index (χ2v) is 4.87. The van der Waals surface area contributed by atoms with E-state index < -0.39 is 0 Å². The molecule has 6 heteroatoms. The number of thiophene rings is 1. The minimum absolute atomic E-state index is 0.227. The topological polar surface area (TPSA) is 64.3 Å². The molecule has 0 atom stereocenters. The van der Waals surface area contributed by atoms with Crippen molar-refractivity contribution >= 4 is 40.2 Å². The Morgan fingerprint density at radius 3 is 2.89 bits per heavy atom. The highest BCUT2D eigenvalue weighted by atomic mass is 35.5. The van der Waals surface area contributed by atoms with Gasteiger partial charge in [0.25, 0.3) is 5.91 Å². The molecular formula is C12H11ClN2O2S. The fourth-order valence-corrected chi connectivity index (χ4v) is 2.35. The average Bonchev–Trinajstić information content (AvgIpc) is 2.85. The fraction of sp³-hybridized carbons (Fsp3) is 0.0833. The summed E-state index contributed by atoms with van der Waals surface area (Å²) >= 11 is 7.40. The Bertz CT molecular complexity index is 570. The van der Waals surface area contributed by atoms with Gasteiger partial charge in [0.2, 0.25) is 0 Å². The van der Waals surface area contributed by atoms with Crippen LogP contribution in [0.1, 0.15) is 9.67 Å². The van der Waals surface area contributed by atoms with Crippen LogP contribution in [0.5, 0.6) is 5.75 Å². The van der Waals surface area contributed by atoms with Gasteiger partial charge in [0.15, 0.2) is 0 Å². The molecule has 18 heavy (non-hydrogen) atoms. The van der Waals surface area contributed by atoms with Gasteiger partial charge in [-0.25, -0.2) is 0 Å². The van der Waals surface area contributed by atoms with Gasteiger partial charge in [0.05, 0.1) is 17.0 Å². The van der Waals surface area contributed by atoms with Crippen molar-refractivity contribution in [2.24, 2.45) is 0 Å². The van der Waals surface area contributed by atoms with E-state index in [1.807, 2.05) is 5.38 Å². The zero-order valence-corrected chi connectivity index (χ0v) is 11.1. The molecule has 0 radical (unpaired) electrons. The normalized spacial score (nSPS) is 10.1. The molecular weight excluding hydrogens is 272 g/mol. The number of anilines is 2. The zero-order valence-electron chi connectivity index (χ0n) is 9.57. The molecule has 1 heterocycles. The molecule has 0 unspecified atom stereocenters. The highest BCUT2D eigenvalue weighted by Gasteiger charge is 2.14. The van der Waals surface area contributed by atoms with Gasteiger partial charge in [-0.05, 0) is 17.5 Å². The van der Waals surface area contributed by atoms with E-state index in [0.717, 1.165) is 0 Å². The Hall–Kier alpha value is -1.72. The van der Waals surface area contributed by atoms with Crippen molar-refractivity contribution in [3.63, 3.8) is 0 Å². The summed E-state index contributed by atoms with van der Waals surface area (Å²) in [5.41, 5.74) is 6.55. The van der Waals surface area contributed by atoms with Gasteiger partial charge in [0.1, 0.15) is 11.4 Å². The molecule has 0 aliphatic heterocycles. The fourth-order valence-electron chi connectivity index (χ4n) is 1.47. The Morgan fingerprint density at radius 1 is 1.50 bits per heavy atom. The maximum Gasteiger partial charge on any atom is 0.265 e. The van der Waals surface area contributed by atoms with E-state index in [2.05, 4.69) is 5.32 Å². The molecule has 0 fully saturated rings. The number of hydrogen-bond donors (Lipinski definition) is 2. The first-order valence-corrected chi connectivity index (χ1v) is 6.35. The highest BCUT2D eigenvalue weighted by Crippen LogP contribution is 2.35. The van der Waals surface area contributed by atoms with Crippen molar-refractivity contribution in [1.29, 1.82) is 0 Å². The number of rotatable bonds is 3. The Labute approximate surface area is 113 Å². The van der Waals surface area contributed by atoms with Gasteiger partial charge in [-0.15, -0.1) is 11.3 Å². The number of benzene rings is 1. The average molecular weight is 283 g/mol. The summed E-state index contributed by atoms with van der Waals surface area (Å²) in [6, 6.07) is 6.71. The number of nitrogens with one attached hydrogen (secondary N) is 1. The number of ether oxygens (including phenoxy) is 1. The van der Waals surface area contributed by atoms with Crippen LogP contribution in [0.25, 0.3) is 0 Å². The lowest BCUT2D eigenvalue weighted by molar-refractivity contribution is 0.103. The second kappa shape index (κ2) is 5.29. The molecule has 4 nitrogen and oxygen atoms in total. The number of nitrogen functional groups attached to an aromatic ring is 1. The van der Waals surface area contributed by atoms with Gasteiger partial charge in [-0.3, -0.25) is 4.79 Å². The smallest absolute Gasteiger partial charge is 0.265 e. The SMILES string of the molecule is COc1cc(N)cc(Cl)c1NC(=O)c1cccs1. The van der Waals surface area contributed by atoms with Crippen molar-refractivity contribution in [3.05, 3.63) is 39.5 Å². The van der Waals surface area contributed by atoms with Gasteiger partial charge in [0, 0.05) is 11.8 Å². The van der Waals surface area contributed by atoms with Crippen LogP contribution in [0.2, 0.25) is 5.02 Å². The van der Waals surface area contributed by atoms with E-state index in [1.54, 1.807) is 24.3 Å². The molecule has 0 saturated carbocycles. The third kappa shape index (κ3) is 2.57. The number of carbonyl (C=O) groups is 1. The first-order valence-electron chi connectivity index (χ1n) is 5.09. The van der Waals surface area contributed by atoms with E-state index in [1.165, 1.54) is 18.4 Å². The van der Waals surface area contributed by atoms with Gasteiger partial charge in [-0.1, -0.05) is 17.7 Å². The van der Waals surface area contributed by atoms with Crippen LogP contribution in [-0.2, 0) is 0 Å². The number of methoxy groups -OCH3 is 1. The molecule has 1 aromatic heterocycles. The van der Waals surface area contributed by atoms with E-state index in [9.17, 15) is 4.79 Å². The molecule has 0 aliphatic rings. The molecule has 2 rings (SSSR count). The number of nitrogens with two attached hydrogens (primary N) is 1. The zero-order chi connectivity index (χ0) is 13.1. The minimum atomic E-state index is -0.227. The van der Waals surface area contributed by atoms with Crippen LogP contribution < -0.4 is 15.8 Å². The third-order valence-corrected chi connectivity index (χ3v) is 3.45. The van der Waals surface area contributed by atoms with Crippen molar-refractivity contribution in [2.45, 2.75) is 0 Å². The summed E-state index contributed by atoms with van der Waals surface area (Å²) in [5, 5.41) is 4.89. The predicted octanol–water partition coefficient (Wildman–Crippen LogP) is 3.24. The van der Waals surface area contributed by atoms with Crippen molar-refractivity contribution in [3.8, 4) is 5.75 Å². The van der Waals surface area contributed by atoms with E-state index >= 15 is 0 Å². The lowest BCUT2D eigenvalue weighted by Crippen LogP contribution is -2.11. The maximum atomic E-state index is 11.9. The van der Waals surface area contributed by atoms with Crippen LogP contribution in [0, 0.1) is 0 Å². The van der Waals surface area contributed by atoms with E-state index in [4.69, 9.17) is 22.1 Å². The maximum absolute atomic E-state index is 11.9. The van der Waals surface area contributed by atoms with Crippen LogP contribution >= 0.6 is 22.9 Å². The number of carbonyl (C=O) groups excluding carboxylic acids is 1. The molecule has 1 amide bonds. The van der Waals surface area contributed by atoms with Crippen molar-refractivity contribution in [1.82, 2.24) is 0 Å². The first-order chi connectivity index (χ1) is 8.61. The van der Waals surface area contributed by atoms with Crippen LogP contribution in [-0.4, -0.2) is 13.0 Å². The first kappa shape index (κ1) is 12.7. The second-order valence-electron chi connectivity index (χ2n) is 3.51. The molecule has 1 aromatic carbocycles. The van der Waals surface area contributed by atoms with Crippen molar-refractivity contribution in [2.75, 3.05) is 18.2 Å². The minimum Gasteiger partial charge on any atom is -0.494 e. The summed E-state index contributed by atoms with van der Waals surface area (Å²) in [4.78, 5) is 12.5. The third-order valence-electron chi connectivity index (χ3n) is 2.28. The summed E-state index contributed by atoms with van der Waals surface area (Å²) in [5.74, 6) is 0.208. The van der Waals surface area contributed by atoms with Gasteiger partial charge >= 0.3 is 0 Å². The van der Waals surface area contributed by atoms with Crippen molar-refractivity contribution < 1.29 is 9.53 Å². The van der Waals surface area contributed by atoms with E-state index in [0.29, 0.717) is 27.0 Å². The monoisotopic (exact) mass is 282 g/mol. The Kier molecular flexibility index (Phi) is 3.74. The molecule has 0 aliphatic carbocycles. The van der Waals surface area contributed by atoms with Crippen LogP contribution in [0.15, 0.2) is 29.6 Å². The lowest BCUT2D eigenvalue weighted by atomic mass is 10.2. The molecule has 0 saturated heterocycles. The molecule has 2 aromatic rings. The summed E-state index contributed by atoms with van der Waals surface area (Å²) in [7, 11) is 1.49. The van der Waals surface area contributed by atoms with E-state index in [-0.39, 0.29) is 5.91 Å². The lowest BCUT2D eigenvalue weighted by Gasteiger charge is -2.12. The van der Waals surface area contributed by atoms with Crippen LogP contribution in [0.3, 0.4) is 0 Å². The van der Waals surface area contributed by atoms with Gasteiger partial charge in [-0.2, -0.15) is 0 Å². The molecule has 94 valence electrons. The largest absolute Gasteiger partial charge is 0.494 e. The molecule has 3 N–H and O–H groups in total. The number of amides is 1. The Balaban J connectivity index is 2.31. The highest BCUT2D eigenvalue weighted by molar-refractivity contribution is 7.12. The summed E-state index contributed by atoms with van der Waals surface area (Å²) in [6.45, 7) is 0. The van der Waals surface area contributed by atoms with Gasteiger partial charge < -0.3 is 15.8 Å².